The van der Waals surface area contributed by atoms with Crippen LogP contribution in [0.2, 0.25) is 5.15 Å². The molecule has 28 heavy (non-hydrogen) atoms. The molecule has 5 rings (SSSR count). The van der Waals surface area contributed by atoms with E-state index in [0.29, 0.717) is 23.0 Å². The zero-order valence-electron chi connectivity index (χ0n) is 14.8. The molecule has 0 saturated carbocycles. The molecule has 0 saturated heterocycles. The fraction of sp³-hybridized carbons (Fsp3) is 0.100. The lowest BCUT2D eigenvalue weighted by Crippen LogP contribution is -2.03. The summed E-state index contributed by atoms with van der Waals surface area (Å²) < 4.78 is 17.5. The molecule has 4 aromatic heterocycles. The molecule has 6 nitrogen and oxygen atoms in total. The Hall–Kier alpha value is -3.32. The number of hydrogen-bond donors (Lipinski definition) is 0. The highest BCUT2D eigenvalue weighted by molar-refractivity contribution is 6.29. The lowest BCUT2D eigenvalue weighted by Gasteiger charge is -2.09. The van der Waals surface area contributed by atoms with Gasteiger partial charge in [-0.2, -0.15) is 0 Å². The fourth-order valence-electron chi connectivity index (χ4n) is 3.34. The molecule has 4 heterocycles. The maximum absolute atomic E-state index is 13.6. The molecule has 138 valence electrons. The van der Waals surface area contributed by atoms with Crippen LogP contribution in [0.1, 0.15) is 11.4 Å². The van der Waals surface area contributed by atoms with Crippen LogP contribution < -0.4 is 0 Å². The SMILES string of the molecule is Cc1nc2ncc(-n3ccc4ncc(Cl)nc43)cc2n1Cc1cccc(F)c1. The third-order valence-electron chi connectivity index (χ3n) is 4.65. The Kier molecular flexibility index (Phi) is 3.84. The van der Waals surface area contributed by atoms with Gasteiger partial charge in [0.25, 0.3) is 0 Å². The molecule has 0 unspecified atom stereocenters. The molecule has 8 heteroatoms. The quantitative estimate of drug-likeness (QED) is 0.459. The van der Waals surface area contributed by atoms with Gasteiger partial charge in [0.2, 0.25) is 0 Å². The number of benzene rings is 1. The first-order valence-corrected chi connectivity index (χ1v) is 9.03. The number of halogens is 2. The molecule has 0 spiro atoms. The van der Waals surface area contributed by atoms with Crippen molar-refractivity contribution in [2.24, 2.45) is 0 Å². The predicted molar refractivity (Wildman–Crippen MR) is 105 cm³/mol. The van der Waals surface area contributed by atoms with E-state index in [1.807, 2.05) is 40.5 Å². The van der Waals surface area contributed by atoms with E-state index in [2.05, 4.69) is 19.9 Å². The first kappa shape index (κ1) is 16.8. The van der Waals surface area contributed by atoms with Gasteiger partial charge in [0.15, 0.2) is 11.3 Å². The van der Waals surface area contributed by atoms with Gasteiger partial charge in [0.1, 0.15) is 22.3 Å². The van der Waals surface area contributed by atoms with Crippen LogP contribution in [0, 0.1) is 12.7 Å². The molecule has 0 N–H and O–H groups in total. The summed E-state index contributed by atoms with van der Waals surface area (Å²) >= 11 is 6.01. The minimum atomic E-state index is -0.257. The van der Waals surface area contributed by atoms with E-state index in [9.17, 15) is 4.39 Å². The van der Waals surface area contributed by atoms with Gasteiger partial charge in [-0.25, -0.2) is 24.3 Å². The highest BCUT2D eigenvalue weighted by Crippen LogP contribution is 2.23. The lowest BCUT2D eigenvalue weighted by molar-refractivity contribution is 0.623. The monoisotopic (exact) mass is 392 g/mol. The first-order chi connectivity index (χ1) is 13.6. The van der Waals surface area contributed by atoms with Crippen molar-refractivity contribution in [2.75, 3.05) is 0 Å². The number of imidazole rings is 1. The Morgan fingerprint density at radius 2 is 1.96 bits per heavy atom. The topological polar surface area (TPSA) is 61.4 Å². The number of aromatic nitrogens is 6. The summed E-state index contributed by atoms with van der Waals surface area (Å²) in [6, 6.07) is 10.4. The van der Waals surface area contributed by atoms with E-state index in [1.54, 1.807) is 12.3 Å². The second-order valence-corrected chi connectivity index (χ2v) is 6.89. The molecule has 0 aliphatic carbocycles. The molecule has 0 radical (unpaired) electrons. The van der Waals surface area contributed by atoms with E-state index in [1.165, 1.54) is 18.3 Å². The average molecular weight is 393 g/mol. The maximum Gasteiger partial charge on any atom is 0.178 e. The molecular formula is C20H14ClFN6. The number of hydrogen-bond acceptors (Lipinski definition) is 4. The van der Waals surface area contributed by atoms with Crippen LogP contribution in [0.25, 0.3) is 28.0 Å². The molecule has 0 bridgehead atoms. The average Bonchev–Trinajstić information content (AvgIpc) is 3.22. The lowest BCUT2D eigenvalue weighted by atomic mass is 10.2. The smallest absolute Gasteiger partial charge is 0.178 e. The van der Waals surface area contributed by atoms with Crippen molar-refractivity contribution in [2.45, 2.75) is 13.5 Å². The highest BCUT2D eigenvalue weighted by atomic mass is 35.5. The van der Waals surface area contributed by atoms with Crippen LogP contribution in [0.15, 0.2) is 55.0 Å². The fourth-order valence-corrected chi connectivity index (χ4v) is 3.47. The minimum absolute atomic E-state index is 0.257. The zero-order chi connectivity index (χ0) is 19.3. The second-order valence-electron chi connectivity index (χ2n) is 6.50. The Balaban J connectivity index is 1.65. The van der Waals surface area contributed by atoms with Crippen molar-refractivity contribution < 1.29 is 4.39 Å². The third-order valence-corrected chi connectivity index (χ3v) is 4.83. The van der Waals surface area contributed by atoms with Crippen molar-refractivity contribution in [3.8, 4) is 5.69 Å². The normalized spacial score (nSPS) is 11.5. The molecule has 0 aliphatic heterocycles. The van der Waals surface area contributed by atoms with E-state index in [4.69, 9.17) is 11.6 Å². The Morgan fingerprint density at radius 1 is 1.07 bits per heavy atom. The largest absolute Gasteiger partial charge is 0.322 e. The van der Waals surface area contributed by atoms with Crippen molar-refractivity contribution in [1.29, 1.82) is 0 Å². The highest BCUT2D eigenvalue weighted by Gasteiger charge is 2.13. The standard InChI is InChI=1S/C20H14ClFN6/c1-12-25-19-17(28(12)11-13-3-2-4-14(22)7-13)8-15(9-24-19)27-6-5-16-20(27)26-18(21)10-23-16/h2-10H,11H2,1H3. The Bertz CT molecular complexity index is 1340. The molecule has 5 aromatic rings. The minimum Gasteiger partial charge on any atom is -0.322 e. The van der Waals surface area contributed by atoms with Crippen molar-refractivity contribution in [1.82, 2.24) is 29.1 Å². The van der Waals surface area contributed by atoms with E-state index >= 15 is 0 Å². The van der Waals surface area contributed by atoms with Crippen LogP contribution >= 0.6 is 11.6 Å². The van der Waals surface area contributed by atoms with Crippen LogP contribution in [0.3, 0.4) is 0 Å². The third kappa shape index (κ3) is 2.80. The summed E-state index contributed by atoms with van der Waals surface area (Å²) in [5, 5.41) is 0.327. The Morgan fingerprint density at radius 3 is 2.82 bits per heavy atom. The van der Waals surface area contributed by atoms with E-state index in [0.717, 1.165) is 28.1 Å². The van der Waals surface area contributed by atoms with Gasteiger partial charge in [-0.3, -0.25) is 4.57 Å². The van der Waals surface area contributed by atoms with Crippen molar-refractivity contribution in [3.05, 3.63) is 77.3 Å². The summed E-state index contributed by atoms with van der Waals surface area (Å²) in [5.74, 6) is 0.553. The van der Waals surface area contributed by atoms with E-state index < -0.39 is 0 Å². The van der Waals surface area contributed by atoms with Crippen molar-refractivity contribution in [3.63, 3.8) is 0 Å². The van der Waals surface area contributed by atoms with Gasteiger partial charge in [0.05, 0.1) is 23.6 Å². The predicted octanol–water partition coefficient (Wildman–Crippen LogP) is 4.31. The summed E-state index contributed by atoms with van der Waals surface area (Å²) in [6.07, 6.45) is 5.14. The summed E-state index contributed by atoms with van der Waals surface area (Å²) in [7, 11) is 0. The first-order valence-electron chi connectivity index (χ1n) is 8.66. The maximum atomic E-state index is 13.6. The van der Waals surface area contributed by atoms with Gasteiger partial charge < -0.3 is 4.57 Å². The number of pyridine rings is 1. The molecule has 0 atom stereocenters. The number of fused-ring (bicyclic) bond motifs is 2. The second kappa shape index (κ2) is 6.38. The van der Waals surface area contributed by atoms with Gasteiger partial charge in [0, 0.05) is 12.7 Å². The molecular weight excluding hydrogens is 379 g/mol. The van der Waals surface area contributed by atoms with Crippen molar-refractivity contribution >= 4 is 33.9 Å². The van der Waals surface area contributed by atoms with Crippen LogP contribution in [0.5, 0.6) is 0 Å². The molecule has 1 aromatic carbocycles. The summed E-state index contributed by atoms with van der Waals surface area (Å²) in [5.41, 5.74) is 4.57. The number of aryl methyl sites for hydroxylation is 1. The van der Waals surface area contributed by atoms with Crippen LogP contribution in [-0.2, 0) is 6.54 Å². The number of rotatable bonds is 3. The zero-order valence-corrected chi connectivity index (χ0v) is 15.6. The Labute approximate surface area is 164 Å². The van der Waals surface area contributed by atoms with Gasteiger partial charge in [-0.05, 0) is 36.8 Å². The molecule has 0 amide bonds. The van der Waals surface area contributed by atoms with E-state index in [-0.39, 0.29) is 5.82 Å². The summed E-state index contributed by atoms with van der Waals surface area (Å²) in [6.45, 7) is 2.42. The molecule has 0 aliphatic rings. The van der Waals surface area contributed by atoms with Gasteiger partial charge >= 0.3 is 0 Å². The number of nitrogens with zero attached hydrogens (tertiary/aromatic N) is 6. The van der Waals surface area contributed by atoms with Crippen LogP contribution in [0.4, 0.5) is 4.39 Å². The van der Waals surface area contributed by atoms with Gasteiger partial charge in [-0.15, -0.1) is 0 Å². The summed E-state index contributed by atoms with van der Waals surface area (Å²) in [4.78, 5) is 17.7. The van der Waals surface area contributed by atoms with Gasteiger partial charge in [-0.1, -0.05) is 23.7 Å². The van der Waals surface area contributed by atoms with Crippen LogP contribution in [-0.4, -0.2) is 29.1 Å². The molecule has 0 fully saturated rings.